The minimum Gasteiger partial charge on any atom is -0.438 e. The summed E-state index contributed by atoms with van der Waals surface area (Å²) in [6, 6.07) is 0. The van der Waals surface area contributed by atoms with Crippen LogP contribution in [0.3, 0.4) is 0 Å². The van der Waals surface area contributed by atoms with Crippen LogP contribution in [0.5, 0.6) is 0 Å². The van der Waals surface area contributed by atoms with Crippen LogP contribution in [0.15, 0.2) is 0 Å². The molecule has 5 nitrogen and oxygen atoms in total. The van der Waals surface area contributed by atoms with E-state index in [0.29, 0.717) is 0 Å². The third-order valence-electron chi connectivity index (χ3n) is 1.95. The smallest absolute Gasteiger partial charge is 0.438 e. The van der Waals surface area contributed by atoms with Crippen LogP contribution in [0.25, 0.3) is 0 Å². The molecule has 0 bridgehead atoms. The first-order valence-electron chi connectivity index (χ1n) is 3.33. The number of hydrogen-bond acceptors (Lipinski definition) is 4. The Kier molecular flexibility index (Phi) is 2.21. The minimum atomic E-state index is -0.685. The Morgan fingerprint density at radius 3 is 2.00 bits per heavy atom. The van der Waals surface area contributed by atoms with Gasteiger partial charge in [0.2, 0.25) is 0 Å². The van der Waals surface area contributed by atoms with Gasteiger partial charge >= 0.3 is 19.2 Å². The van der Waals surface area contributed by atoms with Gasteiger partial charge in [0.15, 0.2) is 13.1 Å². The lowest BCUT2D eigenvalue weighted by atomic mass is 10.1. The average Bonchev–Trinajstić information content (AvgIpc) is 2.16. The molecule has 63 valence electrons. The fraction of sp³-hybridized carbons (Fsp3) is 0.600. The Morgan fingerprint density at radius 1 is 1.25 bits per heavy atom. The summed E-state index contributed by atoms with van der Waals surface area (Å²) in [5.41, 5.74) is 0. The van der Waals surface area contributed by atoms with E-state index in [-0.39, 0.29) is 46.8 Å². The van der Waals surface area contributed by atoms with Crippen molar-refractivity contribution in [3.05, 3.63) is 0 Å². The molecule has 0 atom stereocenters. The topological polar surface area (TPSA) is 52.6 Å². The number of carbonyl (C=O) groups excluding carboxylic acids is 2. The number of rotatable bonds is 0. The number of carbonyl (C=O) groups is 2. The molecule has 12 heavy (non-hydrogen) atoms. The van der Waals surface area contributed by atoms with Gasteiger partial charge in [-0.15, -0.1) is 0 Å². The third-order valence-corrected chi connectivity index (χ3v) is 1.95. The standard InChI is InChI=1S/C5H7BNO4.Al.2H/c1-7-2-4(8)10-6(7)11-5(9)3-7;;;/h2-3H2,1H3;;;/q+1;;;. The molecule has 0 unspecified atom stereocenters. The van der Waals surface area contributed by atoms with Crippen LogP contribution in [-0.4, -0.2) is 61.1 Å². The maximum Gasteiger partial charge on any atom is 0.909 e. The molecule has 0 aromatic heterocycles. The normalized spacial score (nSPS) is 24.2. The molecule has 0 saturated carbocycles. The highest BCUT2D eigenvalue weighted by Gasteiger charge is 2.65. The van der Waals surface area contributed by atoms with Crippen molar-refractivity contribution in [1.29, 1.82) is 0 Å². The molecule has 0 aliphatic carbocycles. The summed E-state index contributed by atoms with van der Waals surface area (Å²) in [5, 5.41) is 0. The summed E-state index contributed by atoms with van der Waals surface area (Å²) >= 11 is 0. The van der Waals surface area contributed by atoms with Gasteiger partial charge < -0.3 is 9.31 Å². The highest BCUT2D eigenvalue weighted by molar-refractivity contribution is 6.45. The Hall–Kier alpha value is -0.503. The first kappa shape index (κ1) is 9.58. The van der Waals surface area contributed by atoms with Crippen molar-refractivity contribution >= 4 is 36.6 Å². The maximum atomic E-state index is 10.7. The first-order valence-corrected chi connectivity index (χ1v) is 3.33. The second-order valence-corrected chi connectivity index (χ2v) is 3.08. The molecule has 2 heterocycles. The Labute approximate surface area is 80.5 Å². The van der Waals surface area contributed by atoms with E-state index >= 15 is 0 Å². The van der Waals surface area contributed by atoms with Gasteiger partial charge in [-0.05, 0) is 0 Å². The molecule has 2 aliphatic rings. The zero-order chi connectivity index (χ0) is 8.06. The summed E-state index contributed by atoms with van der Waals surface area (Å²) in [5.74, 6) is -0.602. The number of quaternary nitrogens is 1. The van der Waals surface area contributed by atoms with Crippen molar-refractivity contribution in [2.45, 2.75) is 0 Å². The highest BCUT2D eigenvalue weighted by atomic mass is 27.0. The monoisotopic (exact) mass is 185 g/mol. The minimum absolute atomic E-state index is 0. The first-order chi connectivity index (χ1) is 5.10. The number of likely N-dealkylation sites (N-methyl/N-ethyl adjacent to an activating group) is 1. The number of hydrogen-bond donors (Lipinski definition) is 0. The van der Waals surface area contributed by atoms with E-state index in [1.165, 1.54) is 0 Å². The van der Waals surface area contributed by atoms with Crippen molar-refractivity contribution < 1.29 is 23.3 Å². The zero-order valence-corrected chi connectivity index (χ0v) is 9.07. The molecule has 2 saturated heterocycles. The van der Waals surface area contributed by atoms with Crippen molar-refractivity contribution in [2.75, 3.05) is 20.1 Å². The molecule has 2 fully saturated rings. The van der Waals surface area contributed by atoms with Gasteiger partial charge in [-0.2, -0.15) is 0 Å². The van der Waals surface area contributed by atoms with Crippen LogP contribution in [0.4, 0.5) is 0 Å². The number of nitrogens with zero attached hydrogens (tertiary/aromatic N) is 1. The van der Waals surface area contributed by atoms with Crippen LogP contribution in [0.2, 0.25) is 0 Å². The van der Waals surface area contributed by atoms with Crippen molar-refractivity contribution in [1.82, 2.24) is 0 Å². The largest absolute Gasteiger partial charge is 0.909 e. The van der Waals surface area contributed by atoms with Crippen LogP contribution in [0.1, 0.15) is 0 Å². The van der Waals surface area contributed by atoms with E-state index in [1.54, 1.807) is 7.05 Å². The Bertz CT molecular complexity index is 226. The Morgan fingerprint density at radius 2 is 1.67 bits per heavy atom. The van der Waals surface area contributed by atoms with Gasteiger partial charge in [0.05, 0.1) is 7.05 Å². The fourth-order valence-corrected chi connectivity index (χ4v) is 1.37. The third kappa shape index (κ3) is 1.24. The molecule has 2 rings (SSSR count). The van der Waals surface area contributed by atoms with E-state index in [0.717, 1.165) is 0 Å². The highest BCUT2D eigenvalue weighted by Crippen LogP contribution is 2.22. The lowest BCUT2D eigenvalue weighted by Gasteiger charge is -2.16. The van der Waals surface area contributed by atoms with E-state index in [4.69, 9.17) is 9.31 Å². The summed E-state index contributed by atoms with van der Waals surface area (Å²) in [6.07, 6.45) is 0. The average molecular weight is 185 g/mol. The molecule has 1 radical (unpaired) electrons. The van der Waals surface area contributed by atoms with Crippen molar-refractivity contribution in [3.63, 3.8) is 0 Å². The van der Waals surface area contributed by atoms with Gasteiger partial charge in [0.1, 0.15) is 17.4 Å². The molecule has 0 spiro atoms. The van der Waals surface area contributed by atoms with Crippen LogP contribution in [-0.2, 0) is 18.9 Å². The maximum absolute atomic E-state index is 10.7. The van der Waals surface area contributed by atoms with Crippen molar-refractivity contribution in [3.8, 4) is 0 Å². The Balaban J connectivity index is 0.000000720. The van der Waals surface area contributed by atoms with Crippen LogP contribution < -0.4 is 0 Å². The van der Waals surface area contributed by atoms with Gasteiger partial charge in [0, 0.05) is 0 Å². The van der Waals surface area contributed by atoms with Gasteiger partial charge in [0.25, 0.3) is 0 Å². The van der Waals surface area contributed by atoms with Gasteiger partial charge in [-0.1, -0.05) is 0 Å². The summed E-state index contributed by atoms with van der Waals surface area (Å²) < 4.78 is 9.75. The second kappa shape index (κ2) is 2.77. The van der Waals surface area contributed by atoms with Gasteiger partial charge in [-0.3, -0.25) is 4.39 Å². The van der Waals surface area contributed by atoms with Crippen LogP contribution in [0, 0.1) is 0 Å². The quantitative estimate of drug-likeness (QED) is 0.395. The van der Waals surface area contributed by atoms with Gasteiger partial charge in [-0.25, -0.2) is 9.59 Å². The molecule has 0 aromatic rings. The zero-order valence-electron chi connectivity index (χ0n) is 7.07. The molecule has 7 heteroatoms. The predicted octanol–water partition coefficient (Wildman–Crippen LogP) is -2.38. The lowest BCUT2D eigenvalue weighted by Crippen LogP contribution is -2.48. The molecular formula is C5H9AlBNO4+. The summed E-state index contributed by atoms with van der Waals surface area (Å²) in [6.45, 7) is 0.465. The van der Waals surface area contributed by atoms with E-state index in [1.807, 2.05) is 0 Å². The fourth-order valence-electron chi connectivity index (χ4n) is 1.37. The number of fused-ring (bicyclic) bond motifs is 1. The SMILES string of the molecule is C[N+]12CC(=O)OB1OC(=O)C2.[AlH2]. The summed E-state index contributed by atoms with van der Waals surface area (Å²) in [7, 11) is 1.08. The summed E-state index contributed by atoms with van der Waals surface area (Å²) in [4.78, 5) is 21.5. The molecule has 0 aromatic carbocycles. The lowest BCUT2D eigenvalue weighted by molar-refractivity contribution is -0.785. The molecule has 2 aliphatic heterocycles. The van der Waals surface area contributed by atoms with E-state index in [9.17, 15) is 9.59 Å². The van der Waals surface area contributed by atoms with Crippen molar-refractivity contribution in [2.24, 2.45) is 0 Å². The van der Waals surface area contributed by atoms with E-state index < -0.39 is 7.25 Å². The second-order valence-electron chi connectivity index (χ2n) is 3.08. The predicted molar refractivity (Wildman–Crippen MR) is 42.4 cm³/mol. The van der Waals surface area contributed by atoms with Crippen LogP contribution >= 0.6 is 0 Å². The molecular weight excluding hydrogens is 176 g/mol. The molecule has 0 N–H and O–H groups in total. The van der Waals surface area contributed by atoms with E-state index in [2.05, 4.69) is 0 Å². The molecule has 0 amide bonds.